The number of nitrogens with one attached hydrogen (secondary N) is 2. The van der Waals surface area contributed by atoms with Gasteiger partial charge in [-0.05, 0) is 19.3 Å². The third kappa shape index (κ3) is 2.75. The van der Waals surface area contributed by atoms with E-state index in [0.717, 1.165) is 31.5 Å². The van der Waals surface area contributed by atoms with Crippen molar-refractivity contribution >= 4 is 23.3 Å². The third-order valence-electron chi connectivity index (χ3n) is 3.80. The van der Waals surface area contributed by atoms with Gasteiger partial charge in [0.25, 0.3) is 0 Å². The Hall–Kier alpha value is -2.53. The Kier molecular flexibility index (Phi) is 4.21. The van der Waals surface area contributed by atoms with Crippen LogP contribution >= 0.6 is 11.6 Å². The zero-order valence-corrected chi connectivity index (χ0v) is 13.4. The smallest absolute Gasteiger partial charge is 0.239 e. The van der Waals surface area contributed by atoms with Crippen LogP contribution in [0.2, 0.25) is 5.02 Å². The highest BCUT2D eigenvalue weighted by Crippen LogP contribution is 2.30. The zero-order valence-electron chi connectivity index (χ0n) is 12.6. The van der Waals surface area contributed by atoms with E-state index < -0.39 is 0 Å². The maximum Gasteiger partial charge on any atom is 0.239 e. The largest absolute Gasteiger partial charge is 0.360 e. The molecule has 1 amide bonds. The molecule has 1 aliphatic heterocycles. The molecule has 0 aliphatic carbocycles. The molecule has 8 nitrogen and oxygen atoms in total. The summed E-state index contributed by atoms with van der Waals surface area (Å²) in [6.45, 7) is 0.852. The van der Waals surface area contributed by atoms with Crippen molar-refractivity contribution in [3.63, 3.8) is 0 Å². The highest BCUT2D eigenvalue weighted by atomic mass is 35.5. The van der Waals surface area contributed by atoms with E-state index in [1.807, 2.05) is 4.68 Å². The molecule has 0 spiro atoms. The lowest BCUT2D eigenvalue weighted by Gasteiger charge is -2.12. The fraction of sp³-hybridized carbons (Fsp3) is 0.429. The first-order valence-electron chi connectivity index (χ1n) is 7.33. The van der Waals surface area contributed by atoms with Crippen LogP contribution in [0.3, 0.4) is 0 Å². The fourth-order valence-electron chi connectivity index (χ4n) is 2.59. The van der Waals surface area contributed by atoms with Crippen LogP contribution in [0.25, 0.3) is 5.82 Å². The summed E-state index contributed by atoms with van der Waals surface area (Å²) in [5, 5.41) is 23.9. The molecule has 0 fully saturated rings. The van der Waals surface area contributed by atoms with Crippen LogP contribution in [0.5, 0.6) is 0 Å². The minimum atomic E-state index is -0.197. The number of halogens is 1. The summed E-state index contributed by atoms with van der Waals surface area (Å²) in [5.41, 5.74) is 1.31. The van der Waals surface area contributed by atoms with E-state index in [1.54, 1.807) is 7.05 Å². The van der Waals surface area contributed by atoms with Gasteiger partial charge in [-0.25, -0.2) is 0 Å². The van der Waals surface area contributed by atoms with Crippen LogP contribution in [-0.4, -0.2) is 39.1 Å². The Morgan fingerprint density at radius 2 is 2.35 bits per heavy atom. The van der Waals surface area contributed by atoms with Gasteiger partial charge in [0.1, 0.15) is 22.5 Å². The summed E-state index contributed by atoms with van der Waals surface area (Å²) in [6.07, 6.45) is 4.45. The highest BCUT2D eigenvalue weighted by Gasteiger charge is 2.23. The van der Waals surface area contributed by atoms with Gasteiger partial charge in [-0.2, -0.15) is 20.1 Å². The lowest BCUT2D eigenvalue weighted by atomic mass is 10.1. The standard InChI is InChI=1S/C14H16ClN7O/c1-17-11(23)8-18-13-9(6-16)7-19-22(13)14-12(15)10-4-2-3-5-21(10)20-14/h7,18H,2-5,8H2,1H3,(H,17,23). The number of aromatic nitrogens is 4. The van der Waals surface area contributed by atoms with Crippen molar-refractivity contribution in [2.75, 3.05) is 18.9 Å². The molecule has 3 rings (SSSR count). The molecular weight excluding hydrogens is 318 g/mol. The molecule has 120 valence electrons. The molecule has 3 heterocycles. The number of nitriles is 1. The molecule has 0 unspecified atom stereocenters. The number of fused-ring (bicyclic) bond motifs is 1. The van der Waals surface area contributed by atoms with E-state index in [-0.39, 0.29) is 12.5 Å². The molecule has 23 heavy (non-hydrogen) atoms. The van der Waals surface area contributed by atoms with E-state index >= 15 is 0 Å². The second-order valence-corrected chi connectivity index (χ2v) is 5.60. The predicted octanol–water partition coefficient (Wildman–Crippen LogP) is 1.09. The number of anilines is 1. The number of rotatable bonds is 4. The van der Waals surface area contributed by atoms with Crippen LogP contribution < -0.4 is 10.6 Å². The van der Waals surface area contributed by atoms with Crippen LogP contribution in [0, 0.1) is 11.3 Å². The Morgan fingerprint density at radius 3 is 3.04 bits per heavy atom. The van der Waals surface area contributed by atoms with Gasteiger partial charge in [-0.15, -0.1) is 0 Å². The summed E-state index contributed by atoms with van der Waals surface area (Å²) < 4.78 is 3.37. The number of carbonyl (C=O) groups is 1. The third-order valence-corrected chi connectivity index (χ3v) is 4.18. The summed E-state index contributed by atoms with van der Waals surface area (Å²) in [4.78, 5) is 11.4. The molecule has 0 radical (unpaired) electrons. The van der Waals surface area contributed by atoms with Crippen molar-refractivity contribution in [1.29, 1.82) is 5.26 Å². The first-order valence-corrected chi connectivity index (χ1v) is 7.71. The summed E-state index contributed by atoms with van der Waals surface area (Å²) >= 11 is 6.46. The van der Waals surface area contributed by atoms with Crippen molar-refractivity contribution in [3.05, 3.63) is 22.5 Å². The fourth-order valence-corrected chi connectivity index (χ4v) is 2.90. The summed E-state index contributed by atoms with van der Waals surface area (Å²) in [7, 11) is 1.55. The SMILES string of the molecule is CNC(=O)CNc1c(C#N)cnn1-c1nn2c(c1Cl)CCCC2. The Balaban J connectivity index is 2.00. The van der Waals surface area contributed by atoms with E-state index in [0.29, 0.717) is 22.2 Å². The minimum Gasteiger partial charge on any atom is -0.360 e. The molecular formula is C14H16ClN7O. The molecule has 0 saturated carbocycles. The molecule has 1 aliphatic rings. The predicted molar refractivity (Wildman–Crippen MR) is 84.6 cm³/mol. The van der Waals surface area contributed by atoms with Crippen LogP contribution in [0.1, 0.15) is 24.1 Å². The van der Waals surface area contributed by atoms with Crippen LogP contribution in [0.15, 0.2) is 6.20 Å². The number of hydrogen-bond acceptors (Lipinski definition) is 5. The molecule has 2 aromatic rings. The van der Waals surface area contributed by atoms with E-state index in [4.69, 9.17) is 11.6 Å². The van der Waals surface area contributed by atoms with Gasteiger partial charge in [0, 0.05) is 13.6 Å². The van der Waals surface area contributed by atoms with Crippen molar-refractivity contribution in [2.45, 2.75) is 25.8 Å². The number of carbonyl (C=O) groups excluding carboxylic acids is 1. The van der Waals surface area contributed by atoms with Gasteiger partial charge in [0.15, 0.2) is 5.82 Å². The minimum absolute atomic E-state index is 0.0298. The molecule has 9 heteroatoms. The van der Waals surface area contributed by atoms with Crippen molar-refractivity contribution < 1.29 is 4.79 Å². The zero-order chi connectivity index (χ0) is 16.4. The maximum absolute atomic E-state index is 11.4. The van der Waals surface area contributed by atoms with Crippen molar-refractivity contribution in [1.82, 2.24) is 24.9 Å². The van der Waals surface area contributed by atoms with Gasteiger partial charge >= 0.3 is 0 Å². The monoisotopic (exact) mass is 333 g/mol. The maximum atomic E-state index is 11.4. The van der Waals surface area contributed by atoms with Crippen molar-refractivity contribution in [3.8, 4) is 11.9 Å². The molecule has 2 aromatic heterocycles. The topological polar surface area (TPSA) is 101 Å². The van der Waals surface area contributed by atoms with Gasteiger partial charge in [0.2, 0.25) is 5.91 Å². The van der Waals surface area contributed by atoms with Crippen LogP contribution in [0.4, 0.5) is 5.82 Å². The molecule has 0 saturated heterocycles. The molecule has 0 atom stereocenters. The van der Waals surface area contributed by atoms with E-state index in [2.05, 4.69) is 26.9 Å². The number of aryl methyl sites for hydroxylation is 1. The number of nitrogens with zero attached hydrogens (tertiary/aromatic N) is 5. The summed E-state index contributed by atoms with van der Waals surface area (Å²) in [5.74, 6) is 0.690. The van der Waals surface area contributed by atoms with Gasteiger partial charge in [-0.1, -0.05) is 11.6 Å². The number of amides is 1. The van der Waals surface area contributed by atoms with E-state index in [9.17, 15) is 10.1 Å². The Bertz CT molecular complexity index is 786. The Labute approximate surface area is 138 Å². The van der Waals surface area contributed by atoms with Gasteiger partial charge in [-0.3, -0.25) is 9.48 Å². The average molecular weight is 334 g/mol. The lowest BCUT2D eigenvalue weighted by Crippen LogP contribution is -2.27. The van der Waals surface area contributed by atoms with Gasteiger partial charge in [0.05, 0.1) is 18.4 Å². The summed E-state index contributed by atoms with van der Waals surface area (Å²) in [6, 6.07) is 2.05. The Morgan fingerprint density at radius 1 is 1.52 bits per heavy atom. The molecule has 0 bridgehead atoms. The second kappa shape index (κ2) is 6.30. The normalized spacial score (nSPS) is 13.3. The molecule has 2 N–H and O–H groups in total. The molecule has 0 aromatic carbocycles. The number of likely N-dealkylation sites (N-methyl/N-ethyl adjacent to an activating group) is 1. The van der Waals surface area contributed by atoms with E-state index in [1.165, 1.54) is 10.9 Å². The van der Waals surface area contributed by atoms with Crippen LogP contribution in [-0.2, 0) is 17.8 Å². The second-order valence-electron chi connectivity index (χ2n) is 5.22. The van der Waals surface area contributed by atoms with Gasteiger partial charge < -0.3 is 10.6 Å². The highest BCUT2D eigenvalue weighted by molar-refractivity contribution is 6.32. The quantitative estimate of drug-likeness (QED) is 0.872. The first-order chi connectivity index (χ1) is 11.2. The first kappa shape index (κ1) is 15.4. The lowest BCUT2D eigenvalue weighted by molar-refractivity contribution is -0.118. The number of hydrogen-bond donors (Lipinski definition) is 2. The average Bonchev–Trinajstić information content (AvgIpc) is 3.13. The van der Waals surface area contributed by atoms with Crippen molar-refractivity contribution in [2.24, 2.45) is 0 Å².